The van der Waals surface area contributed by atoms with Crippen LogP contribution in [0.15, 0.2) is 42.5 Å². The molecule has 1 N–H and O–H groups in total. The van der Waals surface area contributed by atoms with Gasteiger partial charge in [-0.25, -0.2) is 0 Å². The minimum atomic E-state index is -1.07. The van der Waals surface area contributed by atoms with Gasteiger partial charge in [0.25, 0.3) is 5.91 Å². The standard InChI is InChI=1S/C25H30Cl3NO3/c1-25(2,32-22-14-20(27)13-21(28)15-22)24(30)29-12-4-7-23(31-16-17-5-3-6-17)18-8-10-19(26)11-9-18/h8-11,13-15,17,23H,3-7,12,16H2,1-2H3,(H,29,30). The van der Waals surface area contributed by atoms with E-state index in [0.717, 1.165) is 25.0 Å². The van der Waals surface area contributed by atoms with Crippen LogP contribution in [0.3, 0.4) is 0 Å². The Kier molecular flexibility index (Phi) is 9.13. The van der Waals surface area contributed by atoms with E-state index in [0.29, 0.717) is 33.3 Å². The zero-order chi connectivity index (χ0) is 23.1. The quantitative estimate of drug-likeness (QED) is 0.332. The zero-order valence-electron chi connectivity index (χ0n) is 18.5. The van der Waals surface area contributed by atoms with E-state index in [2.05, 4.69) is 5.32 Å². The second-order valence-electron chi connectivity index (χ2n) is 8.79. The normalized spacial score (nSPS) is 15.2. The van der Waals surface area contributed by atoms with Crippen molar-refractivity contribution in [1.29, 1.82) is 0 Å². The molecule has 0 spiro atoms. The van der Waals surface area contributed by atoms with Gasteiger partial charge in [-0.15, -0.1) is 0 Å². The van der Waals surface area contributed by atoms with Crippen molar-refractivity contribution >= 4 is 40.7 Å². The van der Waals surface area contributed by atoms with Crippen molar-refractivity contribution in [3.8, 4) is 5.75 Å². The van der Waals surface area contributed by atoms with Gasteiger partial charge in [0.15, 0.2) is 5.60 Å². The van der Waals surface area contributed by atoms with Gasteiger partial charge in [-0.1, -0.05) is 53.4 Å². The molecule has 7 heteroatoms. The molecule has 32 heavy (non-hydrogen) atoms. The Morgan fingerprint density at radius 2 is 1.72 bits per heavy atom. The lowest BCUT2D eigenvalue weighted by molar-refractivity contribution is -0.134. The molecule has 0 radical (unpaired) electrons. The van der Waals surface area contributed by atoms with Crippen molar-refractivity contribution in [2.45, 2.75) is 57.7 Å². The molecule has 1 amide bonds. The van der Waals surface area contributed by atoms with E-state index in [-0.39, 0.29) is 12.0 Å². The van der Waals surface area contributed by atoms with Crippen molar-refractivity contribution in [3.63, 3.8) is 0 Å². The Labute approximate surface area is 205 Å². The average molecular weight is 499 g/mol. The first-order chi connectivity index (χ1) is 15.2. The highest BCUT2D eigenvalue weighted by molar-refractivity contribution is 6.34. The summed E-state index contributed by atoms with van der Waals surface area (Å²) in [6, 6.07) is 12.7. The van der Waals surface area contributed by atoms with Crippen LogP contribution in [0, 0.1) is 5.92 Å². The average Bonchev–Trinajstić information content (AvgIpc) is 2.67. The van der Waals surface area contributed by atoms with Crippen molar-refractivity contribution in [1.82, 2.24) is 5.32 Å². The van der Waals surface area contributed by atoms with Gasteiger partial charge < -0.3 is 14.8 Å². The summed E-state index contributed by atoms with van der Waals surface area (Å²) in [5.41, 5.74) is 0.0474. The summed E-state index contributed by atoms with van der Waals surface area (Å²) in [6.45, 7) is 4.74. The number of amides is 1. The summed E-state index contributed by atoms with van der Waals surface area (Å²) in [5, 5.41) is 4.59. The van der Waals surface area contributed by atoms with Gasteiger partial charge in [-0.3, -0.25) is 4.79 Å². The molecule has 0 saturated heterocycles. The predicted octanol–water partition coefficient (Wildman–Crippen LogP) is 7.26. The highest BCUT2D eigenvalue weighted by Gasteiger charge is 2.30. The predicted molar refractivity (Wildman–Crippen MR) is 131 cm³/mol. The molecular formula is C25H30Cl3NO3. The van der Waals surface area contributed by atoms with E-state index in [9.17, 15) is 4.79 Å². The summed E-state index contributed by atoms with van der Waals surface area (Å²) in [5.74, 6) is 0.921. The highest BCUT2D eigenvalue weighted by Crippen LogP contribution is 2.31. The SMILES string of the molecule is CC(C)(Oc1cc(Cl)cc(Cl)c1)C(=O)NCCCC(OCC1CCC1)c1ccc(Cl)cc1. The van der Waals surface area contributed by atoms with Crippen LogP contribution in [-0.4, -0.2) is 24.7 Å². The lowest BCUT2D eigenvalue weighted by Crippen LogP contribution is -2.46. The molecule has 0 bridgehead atoms. The fraction of sp³-hybridized carbons (Fsp3) is 0.480. The Morgan fingerprint density at radius 3 is 2.31 bits per heavy atom. The largest absolute Gasteiger partial charge is 0.478 e. The van der Waals surface area contributed by atoms with Crippen LogP contribution in [0.25, 0.3) is 0 Å². The first-order valence-electron chi connectivity index (χ1n) is 11.0. The van der Waals surface area contributed by atoms with Crippen molar-refractivity contribution in [2.24, 2.45) is 5.92 Å². The first kappa shape index (κ1) is 25.2. The van der Waals surface area contributed by atoms with E-state index in [1.807, 2.05) is 24.3 Å². The van der Waals surface area contributed by atoms with Crippen LogP contribution in [0.1, 0.15) is 57.6 Å². The molecule has 0 aromatic heterocycles. The van der Waals surface area contributed by atoms with Crippen LogP contribution in [0.2, 0.25) is 15.1 Å². The molecule has 1 aliphatic rings. The van der Waals surface area contributed by atoms with Gasteiger partial charge in [-0.05, 0) is 81.3 Å². The third kappa shape index (κ3) is 7.55. The van der Waals surface area contributed by atoms with E-state index in [1.54, 1.807) is 32.0 Å². The number of carbonyl (C=O) groups excluding carboxylic acids is 1. The zero-order valence-corrected chi connectivity index (χ0v) is 20.8. The minimum Gasteiger partial charge on any atom is -0.478 e. The van der Waals surface area contributed by atoms with Crippen molar-refractivity contribution in [3.05, 3.63) is 63.1 Å². The van der Waals surface area contributed by atoms with E-state index in [4.69, 9.17) is 44.3 Å². The maximum Gasteiger partial charge on any atom is 0.263 e. The molecular weight excluding hydrogens is 469 g/mol. The number of halogens is 3. The number of hydrogen-bond acceptors (Lipinski definition) is 3. The van der Waals surface area contributed by atoms with Gasteiger partial charge in [0.05, 0.1) is 12.7 Å². The number of carbonyl (C=O) groups is 1. The molecule has 2 aromatic carbocycles. The lowest BCUT2D eigenvalue weighted by Gasteiger charge is -2.28. The van der Waals surface area contributed by atoms with E-state index < -0.39 is 5.60 Å². The molecule has 1 unspecified atom stereocenters. The highest BCUT2D eigenvalue weighted by atomic mass is 35.5. The molecule has 174 valence electrons. The number of benzene rings is 2. The molecule has 0 aliphatic heterocycles. The molecule has 1 saturated carbocycles. The van der Waals surface area contributed by atoms with Gasteiger partial charge >= 0.3 is 0 Å². The third-order valence-corrected chi connectivity index (χ3v) is 6.37. The second-order valence-corrected chi connectivity index (χ2v) is 10.1. The van der Waals surface area contributed by atoms with Gasteiger partial charge in [0, 0.05) is 21.6 Å². The monoisotopic (exact) mass is 497 g/mol. The molecule has 1 atom stereocenters. The number of hydrogen-bond donors (Lipinski definition) is 1. The lowest BCUT2D eigenvalue weighted by atomic mass is 9.86. The Bertz CT molecular complexity index is 878. The van der Waals surface area contributed by atoms with Gasteiger partial charge in [-0.2, -0.15) is 0 Å². The molecule has 1 aliphatic carbocycles. The fourth-order valence-corrected chi connectivity index (χ4v) is 4.20. The Morgan fingerprint density at radius 1 is 1.06 bits per heavy atom. The molecule has 2 aromatic rings. The van der Waals surface area contributed by atoms with Crippen molar-refractivity contribution < 1.29 is 14.3 Å². The van der Waals surface area contributed by atoms with Crippen LogP contribution in [0.4, 0.5) is 0 Å². The third-order valence-electron chi connectivity index (χ3n) is 5.68. The minimum absolute atomic E-state index is 0.0115. The summed E-state index contributed by atoms with van der Waals surface area (Å²) in [4.78, 5) is 12.7. The Hall–Kier alpha value is -1.46. The van der Waals surface area contributed by atoms with Gasteiger partial charge in [0.2, 0.25) is 0 Å². The van der Waals surface area contributed by atoms with Crippen LogP contribution in [0.5, 0.6) is 5.75 Å². The van der Waals surface area contributed by atoms with Crippen LogP contribution in [-0.2, 0) is 9.53 Å². The molecule has 3 rings (SSSR count). The maximum atomic E-state index is 12.7. The first-order valence-corrected chi connectivity index (χ1v) is 12.2. The number of ether oxygens (including phenoxy) is 2. The molecule has 0 heterocycles. The molecule has 1 fully saturated rings. The Balaban J connectivity index is 1.49. The van der Waals surface area contributed by atoms with Crippen molar-refractivity contribution in [2.75, 3.05) is 13.2 Å². The smallest absolute Gasteiger partial charge is 0.263 e. The van der Waals surface area contributed by atoms with Crippen LogP contribution < -0.4 is 10.1 Å². The summed E-state index contributed by atoms with van der Waals surface area (Å²) < 4.78 is 12.1. The van der Waals surface area contributed by atoms with E-state index in [1.165, 1.54) is 19.3 Å². The topological polar surface area (TPSA) is 47.6 Å². The maximum absolute atomic E-state index is 12.7. The second kappa shape index (κ2) is 11.6. The molecule has 4 nitrogen and oxygen atoms in total. The number of rotatable bonds is 11. The summed E-state index contributed by atoms with van der Waals surface area (Å²) >= 11 is 18.1. The van der Waals surface area contributed by atoms with Crippen LogP contribution >= 0.6 is 34.8 Å². The number of nitrogens with one attached hydrogen (secondary N) is 1. The fourth-order valence-electron chi connectivity index (χ4n) is 3.57. The van der Waals surface area contributed by atoms with Gasteiger partial charge in [0.1, 0.15) is 5.75 Å². The summed E-state index contributed by atoms with van der Waals surface area (Å²) in [6.07, 6.45) is 5.36. The van der Waals surface area contributed by atoms with E-state index >= 15 is 0 Å². The summed E-state index contributed by atoms with van der Waals surface area (Å²) in [7, 11) is 0.